The van der Waals surface area contributed by atoms with E-state index in [0.717, 1.165) is 5.56 Å². The van der Waals surface area contributed by atoms with Gasteiger partial charge >= 0.3 is 47.8 Å². The Bertz CT molecular complexity index is 1870. The maximum Gasteiger partial charge on any atom is 0.326 e. The maximum absolute atomic E-state index is 13.1. The predicted octanol–water partition coefficient (Wildman–Crippen LogP) is -1.09. The Morgan fingerprint density at radius 3 is 1.61 bits per heavy atom. The zero-order chi connectivity index (χ0) is 50.2. The number of nitrogens with one attached hydrogen (secondary N) is 4. The van der Waals surface area contributed by atoms with Crippen LogP contribution in [0.2, 0.25) is 0 Å². The zero-order valence-electron chi connectivity index (χ0n) is 37.6. The van der Waals surface area contributed by atoms with Gasteiger partial charge in [-0.2, -0.15) is 0 Å². The third-order valence-corrected chi connectivity index (χ3v) is 10.9. The normalized spacial score (nSPS) is 17.5. The van der Waals surface area contributed by atoms with Gasteiger partial charge in [0, 0.05) is 82.8 Å². The fourth-order valence-electron chi connectivity index (χ4n) is 7.27. The van der Waals surface area contributed by atoms with Crippen LogP contribution in [0.3, 0.4) is 0 Å². The standard InChI is InChI=1S/C42H64N8O17/c1-26(39(62)43-12-4-3-5-31(40(63)64)45-42(67)46-32(41(65)66)10-11-34(52)53)19-33(51)27(2)44-29-8-6-28(7-9-29)20-30-21-49(24-37(58)59)16-15-47(22-35(54)55)13-14-48(23-36(56)57)17-18-50(30)25-38(60)61/h6-9,26-27,30-32,44H,3-5,10-25H2,1-2H3,(H,43,62)(H,52,53)(H,54,55)(H,56,57)(H,58,59)(H,60,61)(H,63,64)(H,65,66)(H2,45,46,67)/t26-,27+,30?,31-,32-/m0/s1. The van der Waals surface area contributed by atoms with Crippen LogP contribution in [-0.4, -0.2) is 218 Å². The SMILES string of the molecule is C[C@@H](CC(=O)[C@@H](C)Nc1ccc(CC2CN(CC(=O)O)CCN(CC(=O)O)CCN(CC(=O)O)CCN2CC(=O)O)cc1)C(=O)NCCCC[C@H](NC(=O)N[C@@H](CCC(=O)O)C(=O)O)C(=O)O. The molecule has 0 saturated carbocycles. The predicted molar refractivity (Wildman–Crippen MR) is 235 cm³/mol. The van der Waals surface area contributed by atoms with E-state index in [9.17, 15) is 78.6 Å². The topological polar surface area (TPSA) is 373 Å². The van der Waals surface area contributed by atoms with E-state index in [0.29, 0.717) is 12.1 Å². The van der Waals surface area contributed by atoms with Crippen LogP contribution in [0.15, 0.2) is 24.3 Å². The molecule has 1 heterocycles. The summed E-state index contributed by atoms with van der Waals surface area (Å²) in [5.74, 6) is -10.0. The highest BCUT2D eigenvalue weighted by molar-refractivity contribution is 5.91. The smallest absolute Gasteiger partial charge is 0.326 e. The van der Waals surface area contributed by atoms with Crippen LogP contribution in [-0.2, 0) is 49.6 Å². The molecule has 1 aromatic carbocycles. The van der Waals surface area contributed by atoms with Crippen LogP contribution in [0.4, 0.5) is 10.5 Å². The Hall–Kier alpha value is -6.44. The van der Waals surface area contributed by atoms with Gasteiger partial charge in [0.25, 0.3) is 0 Å². The van der Waals surface area contributed by atoms with E-state index in [-0.39, 0.29) is 96.9 Å². The van der Waals surface area contributed by atoms with Crippen LogP contribution >= 0.6 is 0 Å². The van der Waals surface area contributed by atoms with E-state index in [1.165, 1.54) is 0 Å². The number of aliphatic carboxylic acids is 7. The fraction of sp³-hybridized carbons (Fsp3) is 0.619. The molecule has 0 radical (unpaired) electrons. The Morgan fingerprint density at radius 1 is 0.612 bits per heavy atom. The van der Waals surface area contributed by atoms with E-state index >= 15 is 0 Å². The number of unbranched alkanes of at least 4 members (excludes halogenated alkanes) is 1. The maximum atomic E-state index is 13.1. The molecule has 1 unspecified atom stereocenters. The highest BCUT2D eigenvalue weighted by atomic mass is 16.4. The number of hydrogen-bond acceptors (Lipinski definition) is 15. The molecule has 1 aliphatic heterocycles. The lowest BCUT2D eigenvalue weighted by molar-refractivity contribution is -0.142. The van der Waals surface area contributed by atoms with Crippen molar-refractivity contribution in [3.05, 3.63) is 29.8 Å². The number of anilines is 1. The van der Waals surface area contributed by atoms with Gasteiger partial charge in [0.2, 0.25) is 5.91 Å². The minimum Gasteiger partial charge on any atom is -0.481 e. The van der Waals surface area contributed by atoms with Crippen molar-refractivity contribution < 1.29 is 83.7 Å². The first-order valence-corrected chi connectivity index (χ1v) is 21.7. The van der Waals surface area contributed by atoms with E-state index in [1.807, 2.05) is 5.32 Å². The van der Waals surface area contributed by atoms with Gasteiger partial charge in [-0.3, -0.25) is 53.2 Å². The summed E-state index contributed by atoms with van der Waals surface area (Å²) in [5.41, 5.74) is 1.30. The summed E-state index contributed by atoms with van der Waals surface area (Å²) in [6, 6.07) is 1.62. The molecule has 0 bridgehead atoms. The molecule has 0 aliphatic carbocycles. The second kappa shape index (κ2) is 29.3. The Balaban J connectivity index is 2.02. The second-order valence-corrected chi connectivity index (χ2v) is 16.4. The first-order valence-electron chi connectivity index (χ1n) is 21.7. The number of carboxylic acid groups (broad SMARTS) is 7. The largest absolute Gasteiger partial charge is 0.481 e. The van der Waals surface area contributed by atoms with Gasteiger partial charge in [0.1, 0.15) is 12.1 Å². The van der Waals surface area contributed by atoms with Gasteiger partial charge in [-0.1, -0.05) is 19.1 Å². The Labute approximate surface area is 386 Å². The molecule has 0 spiro atoms. The van der Waals surface area contributed by atoms with Crippen molar-refractivity contribution in [3.63, 3.8) is 0 Å². The third-order valence-electron chi connectivity index (χ3n) is 10.9. The van der Waals surface area contributed by atoms with E-state index in [1.54, 1.807) is 57.7 Å². The van der Waals surface area contributed by atoms with Crippen LogP contribution in [0.25, 0.3) is 0 Å². The lowest BCUT2D eigenvalue weighted by atomic mass is 9.99. The molecule has 2 rings (SSSR count). The fourth-order valence-corrected chi connectivity index (χ4v) is 7.27. The number of urea groups is 1. The Morgan fingerprint density at radius 2 is 1.10 bits per heavy atom. The van der Waals surface area contributed by atoms with Crippen molar-refractivity contribution in [2.75, 3.05) is 83.9 Å². The van der Waals surface area contributed by atoms with Crippen molar-refractivity contribution in [3.8, 4) is 0 Å². The summed E-state index contributed by atoms with van der Waals surface area (Å²) in [5, 5.41) is 76.1. The molecule has 67 heavy (non-hydrogen) atoms. The van der Waals surface area contributed by atoms with E-state index < -0.39 is 110 Å². The lowest BCUT2D eigenvalue weighted by Gasteiger charge is -2.37. The molecule has 1 saturated heterocycles. The van der Waals surface area contributed by atoms with Crippen molar-refractivity contribution in [2.45, 2.75) is 83.0 Å². The van der Waals surface area contributed by atoms with E-state index in [2.05, 4.69) is 16.0 Å². The van der Waals surface area contributed by atoms with Crippen LogP contribution in [0.1, 0.15) is 57.9 Å². The number of ketones is 1. The number of amides is 3. The molecule has 3 amide bonds. The molecule has 374 valence electrons. The van der Waals surface area contributed by atoms with Gasteiger partial charge in [-0.05, 0) is 56.7 Å². The van der Waals surface area contributed by atoms with Gasteiger partial charge in [0.05, 0.1) is 32.2 Å². The van der Waals surface area contributed by atoms with Crippen LogP contribution in [0.5, 0.6) is 0 Å². The molecule has 1 aliphatic rings. The van der Waals surface area contributed by atoms with Crippen molar-refractivity contribution >= 4 is 65.2 Å². The minimum absolute atomic E-state index is 0.0651. The number of nitrogens with zero attached hydrogens (tertiary/aromatic N) is 4. The van der Waals surface area contributed by atoms with Crippen LogP contribution < -0.4 is 21.3 Å². The van der Waals surface area contributed by atoms with E-state index in [4.69, 9.17) is 5.11 Å². The van der Waals surface area contributed by atoms with Crippen molar-refractivity contribution in [1.29, 1.82) is 0 Å². The van der Waals surface area contributed by atoms with Crippen molar-refractivity contribution in [2.24, 2.45) is 5.92 Å². The number of hydrogen-bond donors (Lipinski definition) is 11. The molecule has 5 atom stereocenters. The average molecular weight is 953 g/mol. The summed E-state index contributed by atoms with van der Waals surface area (Å²) in [7, 11) is 0. The number of carboxylic acids is 7. The highest BCUT2D eigenvalue weighted by Crippen LogP contribution is 2.18. The van der Waals surface area contributed by atoms with Gasteiger partial charge < -0.3 is 57.0 Å². The molecule has 1 fully saturated rings. The average Bonchev–Trinajstić information content (AvgIpc) is 3.22. The minimum atomic E-state index is -1.55. The first-order chi connectivity index (χ1) is 31.5. The summed E-state index contributed by atoms with van der Waals surface area (Å²) in [6.07, 6.45) is -0.329. The first kappa shape index (κ1) is 56.7. The molecule has 11 N–H and O–H groups in total. The highest BCUT2D eigenvalue weighted by Gasteiger charge is 2.29. The third kappa shape index (κ3) is 23.5. The molecule has 25 nitrogen and oxygen atoms in total. The number of rotatable bonds is 28. The summed E-state index contributed by atoms with van der Waals surface area (Å²) in [6.45, 7) is 2.85. The lowest BCUT2D eigenvalue weighted by Crippen LogP contribution is -2.53. The molecule has 25 heteroatoms. The monoisotopic (exact) mass is 952 g/mol. The van der Waals surface area contributed by atoms with Gasteiger partial charge in [-0.15, -0.1) is 0 Å². The summed E-state index contributed by atoms with van der Waals surface area (Å²) in [4.78, 5) is 126. The molecular formula is C42H64N8O17. The van der Waals surface area contributed by atoms with Gasteiger partial charge in [-0.25, -0.2) is 14.4 Å². The number of carbonyl (C=O) groups is 10. The van der Waals surface area contributed by atoms with Crippen molar-refractivity contribution in [1.82, 2.24) is 35.6 Å². The van der Waals surface area contributed by atoms with Gasteiger partial charge in [0.15, 0.2) is 5.78 Å². The summed E-state index contributed by atoms with van der Waals surface area (Å²) < 4.78 is 0. The summed E-state index contributed by atoms with van der Waals surface area (Å²) >= 11 is 0. The molecule has 1 aromatic rings. The molecular weight excluding hydrogens is 889 g/mol. The second-order valence-electron chi connectivity index (χ2n) is 16.4. The molecule has 0 aromatic heterocycles. The zero-order valence-corrected chi connectivity index (χ0v) is 37.6. The number of Topliss-reactive ketones (excluding diaryl/α,β-unsaturated/α-hetero) is 1. The Kier molecular flexibility index (Phi) is 24.8. The van der Waals surface area contributed by atoms with Crippen LogP contribution in [0, 0.1) is 5.92 Å². The number of benzene rings is 1. The quantitative estimate of drug-likeness (QED) is 0.0445. The number of carbonyl (C=O) groups excluding carboxylic acids is 3.